The molecule has 2 aromatic carbocycles. The molecule has 0 unspecified atom stereocenters. The molecule has 1 aromatic heterocycles. The van der Waals surface area contributed by atoms with Crippen molar-refractivity contribution in [2.75, 3.05) is 32.1 Å². The van der Waals surface area contributed by atoms with E-state index < -0.39 is 0 Å². The number of benzene rings is 2. The maximum Gasteiger partial charge on any atom is 0.241 e. The Morgan fingerprint density at radius 1 is 1.09 bits per heavy atom. The number of anilines is 1. The van der Waals surface area contributed by atoms with Gasteiger partial charge in [0.1, 0.15) is 11.5 Å². The van der Waals surface area contributed by atoms with Gasteiger partial charge >= 0.3 is 0 Å². The van der Waals surface area contributed by atoms with Gasteiger partial charge in [0.15, 0.2) is 0 Å². The van der Waals surface area contributed by atoms with Gasteiger partial charge in [-0.15, -0.1) is 0 Å². The van der Waals surface area contributed by atoms with Crippen molar-refractivity contribution in [1.82, 2.24) is 15.0 Å². The van der Waals surface area contributed by atoms with Crippen LogP contribution < -0.4 is 14.8 Å². The topological polar surface area (TPSA) is 89.7 Å². The molecule has 1 amide bonds. The molecule has 1 aliphatic rings. The summed E-state index contributed by atoms with van der Waals surface area (Å²) in [6, 6.07) is 15.0. The molecule has 0 aliphatic carbocycles. The van der Waals surface area contributed by atoms with Crippen LogP contribution in [0.5, 0.6) is 11.5 Å². The van der Waals surface area contributed by atoms with Crippen LogP contribution in [0.4, 0.5) is 5.69 Å². The van der Waals surface area contributed by atoms with E-state index in [0.717, 1.165) is 48.7 Å². The van der Waals surface area contributed by atoms with E-state index in [0.29, 0.717) is 24.9 Å². The number of hydrogen-bond donors (Lipinski definition) is 1. The SMILES string of the molecule is CCOc1ccc(NC(=O)C2CCN(Cc3nc(-c4ccc(OC)cc4)no3)CC2)cc1. The fourth-order valence-electron chi connectivity index (χ4n) is 3.77. The van der Waals surface area contributed by atoms with E-state index >= 15 is 0 Å². The van der Waals surface area contributed by atoms with Crippen LogP contribution in [0.3, 0.4) is 0 Å². The van der Waals surface area contributed by atoms with Crippen LogP contribution >= 0.6 is 0 Å². The number of hydrogen-bond acceptors (Lipinski definition) is 7. The number of aromatic nitrogens is 2. The normalized spacial score (nSPS) is 14.8. The van der Waals surface area contributed by atoms with Crippen molar-refractivity contribution < 1.29 is 18.8 Å². The summed E-state index contributed by atoms with van der Waals surface area (Å²) < 4.78 is 16.1. The Balaban J connectivity index is 1.25. The van der Waals surface area contributed by atoms with Crippen molar-refractivity contribution in [3.05, 3.63) is 54.4 Å². The summed E-state index contributed by atoms with van der Waals surface area (Å²) >= 11 is 0. The van der Waals surface area contributed by atoms with Crippen LogP contribution in [-0.2, 0) is 11.3 Å². The van der Waals surface area contributed by atoms with Crippen LogP contribution in [0.1, 0.15) is 25.7 Å². The minimum atomic E-state index is -0.00429. The van der Waals surface area contributed by atoms with Gasteiger partial charge in [-0.05, 0) is 81.4 Å². The van der Waals surface area contributed by atoms with E-state index in [2.05, 4.69) is 20.4 Å². The number of amides is 1. The van der Waals surface area contributed by atoms with Crippen molar-refractivity contribution in [1.29, 1.82) is 0 Å². The number of ether oxygens (including phenoxy) is 2. The summed E-state index contributed by atoms with van der Waals surface area (Å²) in [7, 11) is 1.63. The van der Waals surface area contributed by atoms with Gasteiger partial charge in [-0.1, -0.05) is 5.16 Å². The smallest absolute Gasteiger partial charge is 0.241 e. The van der Waals surface area contributed by atoms with Gasteiger partial charge in [-0.25, -0.2) is 0 Å². The summed E-state index contributed by atoms with van der Waals surface area (Å²) in [5, 5.41) is 7.10. The highest BCUT2D eigenvalue weighted by Gasteiger charge is 2.26. The van der Waals surface area contributed by atoms with Gasteiger partial charge in [-0.2, -0.15) is 4.98 Å². The first kappa shape index (κ1) is 21.8. The largest absolute Gasteiger partial charge is 0.497 e. The molecule has 1 N–H and O–H groups in total. The van der Waals surface area contributed by atoms with Gasteiger partial charge in [0.25, 0.3) is 0 Å². The molecule has 168 valence electrons. The Bertz CT molecular complexity index is 1010. The molecule has 1 fully saturated rings. The summed E-state index contributed by atoms with van der Waals surface area (Å²) in [6.07, 6.45) is 1.59. The average Bonchev–Trinajstić information content (AvgIpc) is 3.29. The van der Waals surface area contributed by atoms with Gasteiger partial charge < -0.3 is 19.3 Å². The van der Waals surface area contributed by atoms with E-state index in [1.807, 2.05) is 55.5 Å². The number of likely N-dealkylation sites (tertiary alicyclic amines) is 1. The van der Waals surface area contributed by atoms with E-state index in [-0.39, 0.29) is 11.8 Å². The zero-order valence-electron chi connectivity index (χ0n) is 18.4. The fraction of sp³-hybridized carbons (Fsp3) is 0.375. The van der Waals surface area contributed by atoms with Gasteiger partial charge in [0, 0.05) is 17.2 Å². The highest BCUT2D eigenvalue weighted by atomic mass is 16.5. The standard InChI is InChI=1S/C24H28N4O4/c1-3-31-21-10-6-19(7-11-21)25-24(29)18-12-14-28(15-13-18)16-22-26-23(27-32-22)17-4-8-20(30-2)9-5-17/h4-11,18H,3,12-16H2,1-2H3,(H,25,29). The number of carbonyl (C=O) groups is 1. The predicted octanol–water partition coefficient (Wildman–Crippen LogP) is 3.99. The molecule has 1 saturated heterocycles. The third-order valence-electron chi connectivity index (χ3n) is 5.57. The van der Waals surface area contributed by atoms with Crippen LogP contribution in [0.2, 0.25) is 0 Å². The molecule has 3 aromatic rings. The van der Waals surface area contributed by atoms with Crippen molar-refractivity contribution in [3.8, 4) is 22.9 Å². The van der Waals surface area contributed by atoms with Crippen LogP contribution in [0, 0.1) is 5.92 Å². The van der Waals surface area contributed by atoms with Crippen molar-refractivity contribution in [3.63, 3.8) is 0 Å². The van der Waals surface area contributed by atoms with E-state index in [1.165, 1.54) is 0 Å². The molecule has 0 radical (unpaired) electrons. The molecule has 0 bridgehead atoms. The van der Waals surface area contributed by atoms with Gasteiger partial charge in [0.2, 0.25) is 17.6 Å². The third-order valence-corrected chi connectivity index (χ3v) is 5.57. The summed E-state index contributed by atoms with van der Waals surface area (Å²) in [5.41, 5.74) is 1.67. The molecule has 8 heteroatoms. The number of nitrogens with zero attached hydrogens (tertiary/aromatic N) is 3. The van der Waals surface area contributed by atoms with E-state index in [4.69, 9.17) is 14.0 Å². The van der Waals surface area contributed by atoms with Crippen LogP contribution in [0.15, 0.2) is 53.1 Å². The van der Waals surface area contributed by atoms with E-state index in [1.54, 1.807) is 7.11 Å². The maximum absolute atomic E-state index is 12.6. The summed E-state index contributed by atoms with van der Waals surface area (Å²) in [6.45, 7) is 4.76. The molecule has 0 spiro atoms. The zero-order valence-corrected chi connectivity index (χ0v) is 18.4. The lowest BCUT2D eigenvalue weighted by Gasteiger charge is -2.30. The van der Waals surface area contributed by atoms with Gasteiger partial charge in [-0.3, -0.25) is 9.69 Å². The van der Waals surface area contributed by atoms with Crippen molar-refractivity contribution in [2.24, 2.45) is 5.92 Å². The Kier molecular flexibility index (Phi) is 7.01. The number of methoxy groups -OCH3 is 1. The molecular weight excluding hydrogens is 408 g/mol. The lowest BCUT2D eigenvalue weighted by atomic mass is 9.96. The third kappa shape index (κ3) is 5.45. The number of piperidine rings is 1. The molecule has 2 heterocycles. The first-order valence-corrected chi connectivity index (χ1v) is 10.9. The van der Waals surface area contributed by atoms with Crippen LogP contribution in [0.25, 0.3) is 11.4 Å². The van der Waals surface area contributed by atoms with Gasteiger partial charge in [0.05, 0.1) is 20.3 Å². The second kappa shape index (κ2) is 10.3. The molecular formula is C24H28N4O4. The Labute approximate surface area is 187 Å². The highest BCUT2D eigenvalue weighted by molar-refractivity contribution is 5.92. The lowest BCUT2D eigenvalue weighted by molar-refractivity contribution is -0.121. The average molecular weight is 437 g/mol. The Morgan fingerprint density at radius 3 is 2.44 bits per heavy atom. The Hall–Kier alpha value is -3.39. The van der Waals surface area contributed by atoms with E-state index in [9.17, 15) is 4.79 Å². The first-order chi connectivity index (χ1) is 15.6. The molecule has 4 rings (SSSR count). The van der Waals surface area contributed by atoms with Crippen molar-refractivity contribution in [2.45, 2.75) is 26.3 Å². The first-order valence-electron chi connectivity index (χ1n) is 10.9. The molecule has 8 nitrogen and oxygen atoms in total. The van der Waals surface area contributed by atoms with Crippen molar-refractivity contribution >= 4 is 11.6 Å². The zero-order chi connectivity index (χ0) is 22.3. The lowest BCUT2D eigenvalue weighted by Crippen LogP contribution is -2.37. The van der Waals surface area contributed by atoms with Crippen LogP contribution in [-0.4, -0.2) is 47.8 Å². The Morgan fingerprint density at radius 2 is 1.78 bits per heavy atom. The maximum atomic E-state index is 12.6. The summed E-state index contributed by atoms with van der Waals surface area (Å²) in [4.78, 5) is 19.4. The minimum absolute atomic E-state index is 0.00429. The molecule has 0 atom stereocenters. The monoisotopic (exact) mass is 436 g/mol. The fourth-order valence-corrected chi connectivity index (χ4v) is 3.77. The number of carbonyl (C=O) groups excluding carboxylic acids is 1. The molecule has 0 saturated carbocycles. The molecule has 32 heavy (non-hydrogen) atoms. The number of rotatable bonds is 8. The quantitative estimate of drug-likeness (QED) is 0.571. The minimum Gasteiger partial charge on any atom is -0.497 e. The molecule has 1 aliphatic heterocycles. The summed E-state index contributed by atoms with van der Waals surface area (Å²) in [5.74, 6) is 2.78. The second-order valence-corrected chi connectivity index (χ2v) is 7.74. The predicted molar refractivity (Wildman–Crippen MR) is 121 cm³/mol. The second-order valence-electron chi connectivity index (χ2n) is 7.74. The highest BCUT2D eigenvalue weighted by Crippen LogP contribution is 2.23. The number of nitrogens with one attached hydrogen (secondary N) is 1.